The Morgan fingerprint density at radius 3 is 2.89 bits per heavy atom. The average molecular weight is 374 g/mol. The van der Waals surface area contributed by atoms with E-state index in [0.29, 0.717) is 18.1 Å². The second kappa shape index (κ2) is 6.56. The summed E-state index contributed by atoms with van der Waals surface area (Å²) in [7, 11) is 0. The van der Waals surface area contributed by atoms with Gasteiger partial charge in [0.2, 0.25) is 11.7 Å². The van der Waals surface area contributed by atoms with Crippen LogP contribution in [-0.4, -0.2) is 38.0 Å². The van der Waals surface area contributed by atoms with E-state index in [9.17, 15) is 9.59 Å². The van der Waals surface area contributed by atoms with E-state index in [1.54, 1.807) is 6.20 Å². The lowest BCUT2D eigenvalue weighted by Crippen LogP contribution is -2.45. The molecule has 2 aliphatic rings. The number of hydrogen-bond donors (Lipinski definition) is 3. The van der Waals surface area contributed by atoms with Crippen LogP contribution >= 0.6 is 0 Å². The summed E-state index contributed by atoms with van der Waals surface area (Å²) in [6, 6.07) is 13.0. The molecule has 3 atom stereocenters. The highest BCUT2D eigenvalue weighted by molar-refractivity contribution is 6.01. The van der Waals surface area contributed by atoms with Gasteiger partial charge in [0, 0.05) is 12.6 Å². The molecule has 8 nitrogen and oxygen atoms in total. The van der Waals surface area contributed by atoms with Crippen LogP contribution in [-0.2, 0) is 11.2 Å². The molecule has 28 heavy (non-hydrogen) atoms. The van der Waals surface area contributed by atoms with Crippen molar-refractivity contribution in [1.29, 1.82) is 0 Å². The Hall–Kier alpha value is -3.55. The molecular weight excluding hydrogens is 356 g/mol. The van der Waals surface area contributed by atoms with Crippen LogP contribution in [0.3, 0.4) is 0 Å². The van der Waals surface area contributed by atoms with Gasteiger partial charge in [0.15, 0.2) is 0 Å². The van der Waals surface area contributed by atoms with E-state index in [4.69, 9.17) is 0 Å². The monoisotopic (exact) mass is 374 g/mol. The van der Waals surface area contributed by atoms with Gasteiger partial charge in [-0.05, 0) is 35.4 Å². The number of rotatable bonds is 4. The first-order valence-corrected chi connectivity index (χ1v) is 9.21. The van der Waals surface area contributed by atoms with Crippen LogP contribution in [0.15, 0.2) is 48.7 Å². The van der Waals surface area contributed by atoms with Gasteiger partial charge < -0.3 is 10.6 Å². The van der Waals surface area contributed by atoms with E-state index in [0.717, 1.165) is 17.5 Å². The highest BCUT2D eigenvalue weighted by Gasteiger charge is 2.51. The summed E-state index contributed by atoms with van der Waals surface area (Å²) in [5.41, 5.74) is 2.10. The van der Waals surface area contributed by atoms with Gasteiger partial charge in [0.1, 0.15) is 17.7 Å². The lowest BCUT2D eigenvalue weighted by molar-refractivity contribution is -0.118. The largest absolute Gasteiger partial charge is 0.337 e. The van der Waals surface area contributed by atoms with Crippen molar-refractivity contribution in [2.45, 2.75) is 24.8 Å². The third-order valence-corrected chi connectivity index (χ3v) is 5.27. The van der Waals surface area contributed by atoms with Gasteiger partial charge in [-0.15, -0.1) is 5.10 Å². The number of carbonyl (C=O) groups is 2. The number of nitrogens with one attached hydrogen (secondary N) is 3. The number of amides is 2. The van der Waals surface area contributed by atoms with E-state index in [-0.39, 0.29) is 23.6 Å². The second-order valence-electron chi connectivity index (χ2n) is 7.16. The third-order valence-electron chi connectivity index (χ3n) is 5.27. The van der Waals surface area contributed by atoms with Crippen molar-refractivity contribution in [2.75, 3.05) is 5.32 Å². The van der Waals surface area contributed by atoms with Gasteiger partial charge in [-0.1, -0.05) is 36.4 Å². The predicted octanol–water partition coefficient (Wildman–Crippen LogP) is 1.64. The first kappa shape index (κ1) is 16.6. The van der Waals surface area contributed by atoms with E-state index >= 15 is 0 Å². The molecule has 3 N–H and O–H groups in total. The number of aromatic amines is 1. The molecular formula is C20H18N6O2. The summed E-state index contributed by atoms with van der Waals surface area (Å²) in [5, 5.41) is 12.4. The zero-order valence-electron chi connectivity index (χ0n) is 14.9. The molecule has 1 fully saturated rings. The van der Waals surface area contributed by atoms with Crippen molar-refractivity contribution in [2.24, 2.45) is 5.92 Å². The Labute approximate surface area is 160 Å². The minimum atomic E-state index is -0.622. The van der Waals surface area contributed by atoms with E-state index in [1.807, 2.05) is 42.5 Å². The van der Waals surface area contributed by atoms with Crippen LogP contribution in [0.25, 0.3) is 0 Å². The van der Waals surface area contributed by atoms with Crippen molar-refractivity contribution >= 4 is 17.6 Å². The van der Waals surface area contributed by atoms with Crippen molar-refractivity contribution in [3.05, 3.63) is 71.4 Å². The summed E-state index contributed by atoms with van der Waals surface area (Å²) in [6.45, 7) is 0. The Balaban J connectivity index is 1.29. The molecule has 1 aliphatic heterocycles. The third kappa shape index (κ3) is 3.02. The van der Waals surface area contributed by atoms with Crippen LogP contribution in [0, 0.1) is 5.92 Å². The maximum absolute atomic E-state index is 12.6. The van der Waals surface area contributed by atoms with Gasteiger partial charge >= 0.3 is 0 Å². The van der Waals surface area contributed by atoms with Crippen LogP contribution in [0.4, 0.5) is 5.82 Å². The normalized spacial score (nSPS) is 22.4. The zero-order valence-corrected chi connectivity index (χ0v) is 14.9. The van der Waals surface area contributed by atoms with Crippen LogP contribution in [0.5, 0.6) is 0 Å². The SMILES string of the molecule is O=C(N[C@@H]1C(=O)Nc2ncccc2[C@@H]2C[C@H]12)c1n[nH]c(Cc2ccccc2)n1. The maximum atomic E-state index is 12.6. The minimum absolute atomic E-state index is 0.0378. The van der Waals surface area contributed by atoms with Crippen molar-refractivity contribution in [3.63, 3.8) is 0 Å². The molecule has 2 amide bonds. The standard InChI is InChI=1S/C20H18N6O2/c27-19-16(14-10-13(14)12-7-4-8-21-17(12)24-19)23-20(28)18-22-15(25-26-18)9-11-5-2-1-3-6-11/h1-8,13-14,16H,9-10H2,(H,23,28)(H,21,24,27)(H,22,25,26)/t13-,14-,16-/m0/s1. The zero-order chi connectivity index (χ0) is 19.1. The molecule has 3 aromatic rings. The van der Waals surface area contributed by atoms with Crippen molar-refractivity contribution in [3.8, 4) is 0 Å². The second-order valence-corrected chi connectivity index (χ2v) is 7.16. The van der Waals surface area contributed by atoms with Crippen molar-refractivity contribution in [1.82, 2.24) is 25.5 Å². The summed E-state index contributed by atoms with van der Waals surface area (Å²) in [5.74, 6) is 0.808. The first-order valence-electron chi connectivity index (χ1n) is 9.21. The quantitative estimate of drug-likeness (QED) is 0.643. The number of pyridine rings is 1. The molecule has 0 bridgehead atoms. The van der Waals surface area contributed by atoms with Gasteiger partial charge in [-0.2, -0.15) is 0 Å². The first-order chi connectivity index (χ1) is 13.7. The highest BCUT2D eigenvalue weighted by atomic mass is 16.2. The number of carbonyl (C=O) groups excluding carboxylic acids is 2. The molecule has 1 aromatic carbocycles. The number of benzene rings is 1. The maximum Gasteiger partial charge on any atom is 0.291 e. The summed E-state index contributed by atoms with van der Waals surface area (Å²) in [4.78, 5) is 33.8. The molecule has 0 unspecified atom stereocenters. The van der Waals surface area contributed by atoms with E-state index < -0.39 is 11.9 Å². The number of fused-ring (bicyclic) bond motifs is 3. The molecule has 140 valence electrons. The summed E-state index contributed by atoms with van der Waals surface area (Å²) < 4.78 is 0. The number of aromatic nitrogens is 4. The molecule has 0 saturated heterocycles. The van der Waals surface area contributed by atoms with Crippen LogP contribution in [0.1, 0.15) is 39.9 Å². The van der Waals surface area contributed by atoms with Crippen LogP contribution < -0.4 is 10.6 Å². The fraction of sp³-hybridized carbons (Fsp3) is 0.250. The van der Waals surface area contributed by atoms with E-state index in [1.165, 1.54) is 0 Å². The fourth-order valence-corrected chi connectivity index (χ4v) is 3.79. The Morgan fingerprint density at radius 2 is 2.04 bits per heavy atom. The smallest absolute Gasteiger partial charge is 0.291 e. The van der Waals surface area contributed by atoms with Crippen molar-refractivity contribution < 1.29 is 9.59 Å². The van der Waals surface area contributed by atoms with Gasteiger partial charge in [-0.25, -0.2) is 9.97 Å². The summed E-state index contributed by atoms with van der Waals surface area (Å²) >= 11 is 0. The molecule has 3 heterocycles. The minimum Gasteiger partial charge on any atom is -0.337 e. The van der Waals surface area contributed by atoms with Crippen LogP contribution in [0.2, 0.25) is 0 Å². The highest BCUT2D eigenvalue weighted by Crippen LogP contribution is 2.52. The Kier molecular flexibility index (Phi) is 3.89. The Bertz CT molecular complexity index is 1050. The van der Waals surface area contributed by atoms with Gasteiger partial charge in [0.25, 0.3) is 5.91 Å². The molecule has 5 rings (SSSR count). The number of H-pyrrole nitrogens is 1. The van der Waals surface area contributed by atoms with Gasteiger partial charge in [-0.3, -0.25) is 14.7 Å². The molecule has 2 aromatic heterocycles. The van der Waals surface area contributed by atoms with Gasteiger partial charge in [0.05, 0.1) is 0 Å². The molecule has 0 radical (unpaired) electrons. The fourth-order valence-electron chi connectivity index (χ4n) is 3.79. The molecule has 1 aliphatic carbocycles. The lowest BCUT2D eigenvalue weighted by atomic mass is 10.1. The Morgan fingerprint density at radius 1 is 1.18 bits per heavy atom. The topological polar surface area (TPSA) is 113 Å². The molecule has 8 heteroatoms. The van der Waals surface area contributed by atoms with E-state index in [2.05, 4.69) is 30.8 Å². The number of hydrogen-bond acceptors (Lipinski definition) is 5. The molecule has 1 saturated carbocycles. The number of nitrogens with zero attached hydrogens (tertiary/aromatic N) is 3. The lowest BCUT2D eigenvalue weighted by Gasteiger charge is -2.15. The summed E-state index contributed by atoms with van der Waals surface area (Å²) in [6.07, 6.45) is 3.05. The molecule has 0 spiro atoms. The predicted molar refractivity (Wildman–Crippen MR) is 101 cm³/mol. The average Bonchev–Trinajstić information content (AvgIpc) is 3.37. The number of anilines is 1.